The van der Waals surface area contributed by atoms with E-state index in [-0.39, 0.29) is 0 Å². The van der Waals surface area contributed by atoms with Crippen LogP contribution in [0.5, 0.6) is 0 Å². The Labute approximate surface area is 110 Å². The van der Waals surface area contributed by atoms with E-state index >= 15 is 0 Å². The molecule has 3 aliphatic carbocycles. The Bertz CT molecular complexity index is 461. The normalized spacial score (nSPS) is 35.3. The molecule has 0 N–H and O–H groups in total. The van der Waals surface area contributed by atoms with Crippen LogP contribution in [0.1, 0.15) is 39.3 Å². The summed E-state index contributed by atoms with van der Waals surface area (Å²) in [7, 11) is 0. The number of fused-ring (bicyclic) bond motifs is 2. The molecule has 3 atom stereocenters. The van der Waals surface area contributed by atoms with Crippen molar-refractivity contribution in [3.05, 3.63) is 30.1 Å². The topological polar surface area (TPSA) is 25.2 Å². The van der Waals surface area contributed by atoms with Gasteiger partial charge in [-0.1, -0.05) is 26.8 Å². The number of aliphatic imine (C=N–C) groups is 1. The molecule has 3 fully saturated rings. The van der Waals surface area contributed by atoms with Gasteiger partial charge in [0.25, 0.3) is 0 Å². The van der Waals surface area contributed by atoms with Crippen LogP contribution in [-0.4, -0.2) is 10.7 Å². The Balaban J connectivity index is 1.72. The number of rotatable bonds is 2. The van der Waals surface area contributed by atoms with Crippen molar-refractivity contribution in [1.82, 2.24) is 4.98 Å². The monoisotopic (exact) mass is 242 g/mol. The van der Waals surface area contributed by atoms with Gasteiger partial charge in [-0.15, -0.1) is 0 Å². The van der Waals surface area contributed by atoms with Crippen LogP contribution in [0.4, 0.5) is 0 Å². The molecule has 1 heterocycles. The summed E-state index contributed by atoms with van der Waals surface area (Å²) in [6.07, 6.45) is 4.47. The number of nitrogens with zero attached hydrogens (tertiary/aromatic N) is 2. The highest BCUT2D eigenvalue weighted by Gasteiger charge is 2.55. The summed E-state index contributed by atoms with van der Waals surface area (Å²) in [5.74, 6) is 2.37. The Morgan fingerprint density at radius 2 is 2.22 bits per heavy atom. The molecule has 4 rings (SSSR count). The van der Waals surface area contributed by atoms with Crippen molar-refractivity contribution >= 4 is 5.71 Å². The van der Waals surface area contributed by atoms with Gasteiger partial charge in [0.05, 0.1) is 12.2 Å². The van der Waals surface area contributed by atoms with Crippen LogP contribution < -0.4 is 0 Å². The molecule has 0 radical (unpaired) electrons. The molecule has 2 bridgehead atoms. The van der Waals surface area contributed by atoms with Gasteiger partial charge in [0.15, 0.2) is 0 Å². The number of pyridine rings is 1. The van der Waals surface area contributed by atoms with Gasteiger partial charge in [-0.25, -0.2) is 0 Å². The Morgan fingerprint density at radius 3 is 2.83 bits per heavy atom. The van der Waals surface area contributed by atoms with E-state index in [1.54, 1.807) is 0 Å². The molecule has 0 saturated heterocycles. The molecule has 1 aromatic heterocycles. The van der Waals surface area contributed by atoms with Crippen LogP contribution in [0.25, 0.3) is 0 Å². The second kappa shape index (κ2) is 4.18. The van der Waals surface area contributed by atoms with E-state index in [0.717, 1.165) is 24.1 Å². The van der Waals surface area contributed by atoms with Crippen LogP contribution in [0.3, 0.4) is 0 Å². The quantitative estimate of drug-likeness (QED) is 0.776. The van der Waals surface area contributed by atoms with Crippen molar-refractivity contribution in [1.29, 1.82) is 0 Å². The Kier molecular flexibility index (Phi) is 2.76. The van der Waals surface area contributed by atoms with E-state index in [9.17, 15) is 0 Å². The highest BCUT2D eigenvalue weighted by atomic mass is 14.8. The summed E-state index contributed by atoms with van der Waals surface area (Å²) in [4.78, 5) is 9.17. The van der Waals surface area contributed by atoms with Crippen LogP contribution in [0.2, 0.25) is 0 Å². The minimum atomic E-state index is 0.545. The zero-order valence-electron chi connectivity index (χ0n) is 11.6. The van der Waals surface area contributed by atoms with Gasteiger partial charge in [-0.05, 0) is 48.1 Å². The summed E-state index contributed by atoms with van der Waals surface area (Å²) in [5.41, 5.74) is 3.06. The molecule has 3 unspecified atom stereocenters. The van der Waals surface area contributed by atoms with Crippen molar-refractivity contribution in [2.45, 2.75) is 40.2 Å². The van der Waals surface area contributed by atoms with Gasteiger partial charge >= 0.3 is 0 Å². The van der Waals surface area contributed by atoms with Crippen molar-refractivity contribution in [3.8, 4) is 0 Å². The summed E-state index contributed by atoms with van der Waals surface area (Å²) in [6, 6.07) is 6.05. The van der Waals surface area contributed by atoms with Crippen LogP contribution in [-0.2, 0) is 6.54 Å². The highest BCUT2D eigenvalue weighted by Crippen LogP contribution is 2.60. The molecule has 1 aromatic rings. The molecule has 0 amide bonds. The molecule has 2 nitrogen and oxygen atoms in total. The third kappa shape index (κ3) is 1.79. The molecule has 0 spiro atoms. The molecule has 96 valence electrons. The van der Waals surface area contributed by atoms with E-state index in [4.69, 9.17) is 4.99 Å². The van der Waals surface area contributed by atoms with E-state index in [1.165, 1.54) is 18.6 Å². The summed E-state index contributed by atoms with van der Waals surface area (Å²) in [5, 5.41) is 0. The average Bonchev–Trinajstić information content (AvgIpc) is 2.38. The van der Waals surface area contributed by atoms with E-state index in [0.29, 0.717) is 11.3 Å². The lowest BCUT2D eigenvalue weighted by Gasteiger charge is -2.59. The van der Waals surface area contributed by atoms with E-state index in [1.807, 2.05) is 18.3 Å². The zero-order chi connectivity index (χ0) is 12.8. The molecule has 3 saturated carbocycles. The second-order valence-corrected chi connectivity index (χ2v) is 6.48. The lowest BCUT2D eigenvalue weighted by Crippen LogP contribution is -2.55. The Morgan fingerprint density at radius 1 is 1.39 bits per heavy atom. The molecule has 3 aliphatic rings. The van der Waals surface area contributed by atoms with Crippen LogP contribution in [0.15, 0.2) is 29.4 Å². The maximum absolute atomic E-state index is 4.84. The molecule has 18 heavy (non-hydrogen) atoms. The predicted octanol–water partition coefficient (Wildman–Crippen LogP) is 3.72. The van der Waals surface area contributed by atoms with Crippen molar-refractivity contribution < 1.29 is 0 Å². The van der Waals surface area contributed by atoms with Crippen LogP contribution in [0, 0.1) is 23.2 Å². The molecule has 0 aromatic carbocycles. The molecular formula is C16H22N2. The predicted molar refractivity (Wildman–Crippen MR) is 74.5 cm³/mol. The maximum Gasteiger partial charge on any atom is 0.0811 e. The van der Waals surface area contributed by atoms with Crippen LogP contribution >= 0.6 is 0 Å². The number of hydrogen-bond acceptors (Lipinski definition) is 2. The third-order valence-corrected chi connectivity index (χ3v) is 5.30. The van der Waals surface area contributed by atoms with Crippen molar-refractivity contribution in [2.24, 2.45) is 28.2 Å². The van der Waals surface area contributed by atoms with Gasteiger partial charge in [-0.3, -0.25) is 9.98 Å². The summed E-state index contributed by atoms with van der Waals surface area (Å²) < 4.78 is 0. The average molecular weight is 242 g/mol. The summed E-state index contributed by atoms with van der Waals surface area (Å²) in [6.45, 7) is 7.97. The smallest absolute Gasteiger partial charge is 0.0811 e. The fraction of sp³-hybridized carbons (Fsp3) is 0.625. The number of hydrogen-bond donors (Lipinski definition) is 0. The molecule has 0 aliphatic heterocycles. The van der Waals surface area contributed by atoms with Gasteiger partial charge in [0, 0.05) is 11.9 Å². The van der Waals surface area contributed by atoms with Crippen molar-refractivity contribution in [2.75, 3.05) is 0 Å². The first-order valence-corrected chi connectivity index (χ1v) is 7.02. The first-order valence-electron chi connectivity index (χ1n) is 7.02. The zero-order valence-corrected chi connectivity index (χ0v) is 11.6. The summed E-state index contributed by atoms with van der Waals surface area (Å²) >= 11 is 0. The first kappa shape index (κ1) is 11.9. The van der Waals surface area contributed by atoms with E-state index in [2.05, 4.69) is 31.8 Å². The largest absolute Gasteiger partial charge is 0.287 e. The fourth-order valence-corrected chi connectivity index (χ4v) is 3.80. The minimum Gasteiger partial charge on any atom is -0.287 e. The van der Waals surface area contributed by atoms with Gasteiger partial charge < -0.3 is 0 Å². The standard InChI is InChI=1S/C16H22N2/c1-11-14-8-12(16(14,2)3)9-15(11)18-10-13-6-4-5-7-17-13/h4-7,11-12,14H,8-10H2,1-3H3/b18-15+. The van der Waals surface area contributed by atoms with E-state index < -0.39 is 0 Å². The lowest BCUT2D eigenvalue weighted by molar-refractivity contribution is -0.0522. The molecule has 2 heteroatoms. The minimum absolute atomic E-state index is 0.545. The van der Waals surface area contributed by atoms with Gasteiger partial charge in [0.2, 0.25) is 0 Å². The highest BCUT2D eigenvalue weighted by molar-refractivity contribution is 5.89. The molecular weight excluding hydrogens is 220 g/mol. The maximum atomic E-state index is 4.84. The number of aromatic nitrogens is 1. The third-order valence-electron chi connectivity index (χ3n) is 5.30. The SMILES string of the molecule is CC1/C(=N/Cc2ccccn2)CC2CC1C2(C)C. The van der Waals surface area contributed by atoms with Gasteiger partial charge in [0.1, 0.15) is 0 Å². The second-order valence-electron chi connectivity index (χ2n) is 6.48. The Hall–Kier alpha value is -1.18. The van der Waals surface area contributed by atoms with Gasteiger partial charge in [-0.2, -0.15) is 0 Å². The lowest BCUT2D eigenvalue weighted by atomic mass is 9.45. The fourth-order valence-electron chi connectivity index (χ4n) is 3.80. The first-order chi connectivity index (χ1) is 8.59. The van der Waals surface area contributed by atoms with Crippen molar-refractivity contribution in [3.63, 3.8) is 0 Å².